The minimum absolute atomic E-state index is 0.0395. The molecule has 1 aliphatic rings. The zero-order valence-corrected chi connectivity index (χ0v) is 13.2. The number of piperazine rings is 1. The van der Waals surface area contributed by atoms with Gasteiger partial charge in [0.25, 0.3) is 0 Å². The van der Waals surface area contributed by atoms with Crippen LogP contribution in [0.1, 0.15) is 5.56 Å². The van der Waals surface area contributed by atoms with E-state index in [-0.39, 0.29) is 18.8 Å². The van der Waals surface area contributed by atoms with Gasteiger partial charge in [0, 0.05) is 26.2 Å². The van der Waals surface area contributed by atoms with E-state index in [0.29, 0.717) is 13.1 Å². The van der Waals surface area contributed by atoms with Crippen molar-refractivity contribution < 1.29 is 36.9 Å². The van der Waals surface area contributed by atoms with Crippen LogP contribution >= 0.6 is 0 Å². The first-order valence-electron chi connectivity index (χ1n) is 7.50. The highest BCUT2D eigenvalue weighted by Gasteiger charge is 2.31. The number of hydrogen-bond donors (Lipinski definition) is 1. The lowest BCUT2D eigenvalue weighted by molar-refractivity contribution is -0.144. The zero-order valence-electron chi connectivity index (χ0n) is 13.2. The number of amides is 1. The molecule has 1 N–H and O–H groups in total. The Hall–Kier alpha value is -2.07. The van der Waals surface area contributed by atoms with Crippen molar-refractivity contribution in [2.75, 3.05) is 26.2 Å². The Bertz CT molecular complexity index is 559. The Balaban J connectivity index is 1.94. The maximum absolute atomic E-state index is 12.2. The number of ether oxygens (including phenoxy) is 2. The molecule has 0 radical (unpaired) electrons. The second kappa shape index (κ2) is 8.86. The molecule has 0 aromatic heterocycles. The van der Waals surface area contributed by atoms with Crippen molar-refractivity contribution in [1.29, 1.82) is 0 Å². The number of alkyl halides is 4. The summed E-state index contributed by atoms with van der Waals surface area (Å²) < 4.78 is 57.2. The normalized spacial score (nSPS) is 18.8. The Morgan fingerprint density at radius 2 is 1.84 bits per heavy atom. The van der Waals surface area contributed by atoms with E-state index in [0.717, 1.165) is 10.5 Å². The van der Waals surface area contributed by atoms with Crippen LogP contribution in [0.4, 0.5) is 22.4 Å². The summed E-state index contributed by atoms with van der Waals surface area (Å²) >= 11 is 0. The third-order valence-electron chi connectivity index (χ3n) is 3.78. The van der Waals surface area contributed by atoms with Crippen molar-refractivity contribution in [2.45, 2.75) is 25.8 Å². The molecule has 1 unspecified atom stereocenters. The Morgan fingerprint density at radius 3 is 2.40 bits per heavy atom. The molecule has 1 aromatic rings. The maximum atomic E-state index is 12.2. The molecular formula is C15H18F4N2O4. The van der Waals surface area contributed by atoms with Gasteiger partial charge in [0.05, 0.1) is 12.6 Å². The summed E-state index contributed by atoms with van der Waals surface area (Å²) in [5.41, 5.74) is 0.805. The van der Waals surface area contributed by atoms with Gasteiger partial charge in [-0.25, -0.2) is 4.79 Å². The first-order chi connectivity index (χ1) is 11.8. The summed E-state index contributed by atoms with van der Waals surface area (Å²) in [4.78, 5) is 14.2. The van der Waals surface area contributed by atoms with Crippen molar-refractivity contribution in [3.63, 3.8) is 0 Å². The maximum Gasteiger partial charge on any atom is 0.407 e. The smallest absolute Gasteiger partial charge is 0.407 e. The minimum atomic E-state index is -2.96. The van der Waals surface area contributed by atoms with E-state index in [2.05, 4.69) is 9.47 Å². The number of benzene rings is 1. The van der Waals surface area contributed by atoms with Crippen LogP contribution in [0.15, 0.2) is 24.3 Å². The summed E-state index contributed by atoms with van der Waals surface area (Å²) in [7, 11) is 0. The highest BCUT2D eigenvalue weighted by molar-refractivity contribution is 5.65. The first-order valence-corrected chi connectivity index (χ1v) is 7.50. The Labute approximate surface area is 141 Å². The van der Waals surface area contributed by atoms with Gasteiger partial charge in [-0.15, -0.1) is 0 Å². The highest BCUT2D eigenvalue weighted by atomic mass is 19.3. The van der Waals surface area contributed by atoms with Crippen LogP contribution in [0.25, 0.3) is 0 Å². The zero-order chi connectivity index (χ0) is 18.4. The number of rotatable bonds is 7. The van der Waals surface area contributed by atoms with Crippen LogP contribution in [0.5, 0.6) is 5.75 Å². The number of nitrogens with zero attached hydrogens (tertiary/aromatic N) is 2. The summed E-state index contributed by atoms with van der Waals surface area (Å²) in [6.45, 7) is -5.02. The Kier molecular flexibility index (Phi) is 6.82. The van der Waals surface area contributed by atoms with Crippen LogP contribution in [0.3, 0.4) is 0 Å². The van der Waals surface area contributed by atoms with E-state index in [1.807, 2.05) is 4.90 Å². The van der Waals surface area contributed by atoms with Crippen molar-refractivity contribution in [1.82, 2.24) is 9.80 Å². The standard InChI is InChI=1S/C15H18F4N2O4/c16-13(17)24-9-11-8-20(5-6-21(11)15(22)23)7-10-1-3-12(4-2-10)25-14(18)19/h1-4,11,13-14H,5-9H2,(H,22,23). The predicted octanol–water partition coefficient (Wildman–Crippen LogP) is 2.69. The quantitative estimate of drug-likeness (QED) is 0.752. The molecule has 1 aliphatic heterocycles. The molecule has 0 spiro atoms. The lowest BCUT2D eigenvalue weighted by atomic mass is 10.1. The molecule has 0 aliphatic carbocycles. The van der Waals surface area contributed by atoms with Crippen LogP contribution in [-0.2, 0) is 11.3 Å². The third kappa shape index (κ3) is 6.05. The monoisotopic (exact) mass is 366 g/mol. The molecule has 1 amide bonds. The van der Waals surface area contributed by atoms with Crippen molar-refractivity contribution >= 4 is 6.09 Å². The average Bonchev–Trinajstić information content (AvgIpc) is 2.54. The predicted molar refractivity (Wildman–Crippen MR) is 78.8 cm³/mol. The number of halogens is 4. The SMILES string of the molecule is O=C(O)N1CCN(Cc2ccc(OC(F)F)cc2)CC1COC(F)F. The van der Waals surface area contributed by atoms with E-state index in [9.17, 15) is 22.4 Å². The van der Waals surface area contributed by atoms with E-state index in [4.69, 9.17) is 5.11 Å². The molecule has 1 heterocycles. The summed E-state index contributed by atoms with van der Waals surface area (Å²) in [5.74, 6) is 0.0395. The fourth-order valence-electron chi connectivity index (χ4n) is 2.68. The molecule has 0 bridgehead atoms. The van der Waals surface area contributed by atoms with Gasteiger partial charge in [-0.1, -0.05) is 12.1 Å². The van der Waals surface area contributed by atoms with Gasteiger partial charge in [-0.3, -0.25) is 4.90 Å². The number of hydrogen-bond acceptors (Lipinski definition) is 4. The molecule has 1 saturated heterocycles. The van der Waals surface area contributed by atoms with E-state index in [1.165, 1.54) is 12.1 Å². The fourth-order valence-corrected chi connectivity index (χ4v) is 2.68. The average molecular weight is 366 g/mol. The van der Waals surface area contributed by atoms with Crippen LogP contribution in [0, 0.1) is 0 Å². The van der Waals surface area contributed by atoms with Gasteiger partial charge in [0.15, 0.2) is 0 Å². The Morgan fingerprint density at radius 1 is 1.16 bits per heavy atom. The summed E-state index contributed by atoms with van der Waals surface area (Å²) in [6, 6.07) is 5.35. The van der Waals surface area contributed by atoms with Crippen molar-refractivity contribution in [2.24, 2.45) is 0 Å². The number of carbonyl (C=O) groups is 1. The molecule has 2 rings (SSSR count). The van der Waals surface area contributed by atoms with E-state index in [1.54, 1.807) is 12.1 Å². The lowest BCUT2D eigenvalue weighted by Gasteiger charge is -2.39. The van der Waals surface area contributed by atoms with E-state index >= 15 is 0 Å². The topological polar surface area (TPSA) is 62.2 Å². The minimum Gasteiger partial charge on any atom is -0.465 e. The van der Waals surface area contributed by atoms with Gasteiger partial charge in [0.1, 0.15) is 5.75 Å². The molecular weight excluding hydrogens is 348 g/mol. The van der Waals surface area contributed by atoms with Crippen LogP contribution < -0.4 is 4.74 Å². The van der Waals surface area contributed by atoms with Crippen molar-refractivity contribution in [3.8, 4) is 5.75 Å². The molecule has 6 nitrogen and oxygen atoms in total. The van der Waals surface area contributed by atoms with Gasteiger partial charge in [0.2, 0.25) is 0 Å². The third-order valence-corrected chi connectivity index (χ3v) is 3.78. The highest BCUT2D eigenvalue weighted by Crippen LogP contribution is 2.18. The largest absolute Gasteiger partial charge is 0.465 e. The molecule has 10 heteroatoms. The summed E-state index contributed by atoms with van der Waals surface area (Å²) in [5, 5.41) is 9.14. The fraction of sp³-hybridized carbons (Fsp3) is 0.533. The van der Waals surface area contributed by atoms with Gasteiger partial charge >= 0.3 is 19.3 Å². The molecule has 25 heavy (non-hydrogen) atoms. The van der Waals surface area contributed by atoms with Gasteiger partial charge < -0.3 is 19.5 Å². The molecule has 1 atom stereocenters. The van der Waals surface area contributed by atoms with Crippen molar-refractivity contribution in [3.05, 3.63) is 29.8 Å². The molecule has 140 valence electrons. The second-order valence-corrected chi connectivity index (χ2v) is 5.48. The molecule has 0 saturated carbocycles. The van der Waals surface area contributed by atoms with E-state index < -0.39 is 32.0 Å². The van der Waals surface area contributed by atoms with Crippen LogP contribution in [-0.4, -0.2) is 66.5 Å². The first kappa shape index (κ1) is 19.3. The van der Waals surface area contributed by atoms with Gasteiger partial charge in [-0.05, 0) is 17.7 Å². The number of carboxylic acid groups (broad SMARTS) is 1. The molecule has 1 fully saturated rings. The lowest BCUT2D eigenvalue weighted by Crippen LogP contribution is -2.56. The van der Waals surface area contributed by atoms with Gasteiger partial charge in [-0.2, -0.15) is 17.6 Å². The van der Waals surface area contributed by atoms with Crippen LogP contribution in [0.2, 0.25) is 0 Å². The second-order valence-electron chi connectivity index (χ2n) is 5.48. The molecule has 1 aromatic carbocycles. The summed E-state index contributed by atoms with van der Waals surface area (Å²) in [6.07, 6.45) is -1.18.